The molecule has 3 N–H and O–H groups in total. The van der Waals surface area contributed by atoms with Crippen molar-refractivity contribution in [2.45, 2.75) is 5.75 Å². The van der Waals surface area contributed by atoms with E-state index in [4.69, 9.17) is 5.73 Å². The number of fused-ring (bicyclic) bond motifs is 1. The zero-order chi connectivity index (χ0) is 15.5. The van der Waals surface area contributed by atoms with E-state index in [1.165, 1.54) is 23.1 Å². The highest BCUT2D eigenvalue weighted by molar-refractivity contribution is 8.13. The van der Waals surface area contributed by atoms with Crippen molar-refractivity contribution in [2.75, 3.05) is 7.05 Å². The highest BCUT2D eigenvalue weighted by Gasteiger charge is 2.12. The first-order valence-electron chi connectivity index (χ1n) is 6.60. The lowest BCUT2D eigenvalue weighted by molar-refractivity contribution is 1.05. The number of aliphatic imine (C=N–C) groups is 1. The number of nitrogens with zero attached hydrogens (tertiary/aromatic N) is 2. The Bertz CT molecular complexity index is 883. The molecule has 112 valence electrons. The molecule has 3 aromatic rings. The zero-order valence-electron chi connectivity index (χ0n) is 11.9. The maximum absolute atomic E-state index is 12.4. The summed E-state index contributed by atoms with van der Waals surface area (Å²) in [7, 11) is 1.63. The van der Waals surface area contributed by atoms with Crippen LogP contribution in [0.15, 0.2) is 45.5 Å². The third-order valence-corrected chi connectivity index (χ3v) is 4.92. The van der Waals surface area contributed by atoms with Crippen LogP contribution in [0.25, 0.3) is 21.3 Å². The van der Waals surface area contributed by atoms with Crippen LogP contribution in [0.5, 0.6) is 0 Å². The molecule has 0 unspecified atom stereocenters. The molecule has 1 aromatic carbocycles. The molecule has 2 heterocycles. The topological polar surface area (TPSA) is 84.1 Å². The Labute approximate surface area is 135 Å². The van der Waals surface area contributed by atoms with E-state index in [1.807, 2.05) is 35.7 Å². The highest BCUT2D eigenvalue weighted by atomic mass is 32.2. The minimum atomic E-state index is -0.118. The van der Waals surface area contributed by atoms with Crippen molar-refractivity contribution in [3.63, 3.8) is 0 Å². The summed E-state index contributed by atoms with van der Waals surface area (Å²) in [6.07, 6.45) is 0. The monoisotopic (exact) mass is 330 g/mol. The fraction of sp³-hybridized carbons (Fsp3) is 0.133. The van der Waals surface area contributed by atoms with Crippen molar-refractivity contribution in [1.29, 1.82) is 0 Å². The van der Waals surface area contributed by atoms with Crippen LogP contribution < -0.4 is 11.3 Å². The SMILES string of the molecule is CN=C(N)SCc1nc2scc(-c3ccccc3)c2c(=O)[nH]1. The summed E-state index contributed by atoms with van der Waals surface area (Å²) >= 11 is 2.82. The third-order valence-electron chi connectivity index (χ3n) is 3.15. The molecule has 0 fully saturated rings. The number of H-pyrrole nitrogens is 1. The van der Waals surface area contributed by atoms with E-state index >= 15 is 0 Å². The van der Waals surface area contributed by atoms with Gasteiger partial charge in [-0.15, -0.1) is 11.3 Å². The van der Waals surface area contributed by atoms with Gasteiger partial charge in [0.25, 0.3) is 5.56 Å². The van der Waals surface area contributed by atoms with E-state index in [1.54, 1.807) is 7.05 Å². The normalized spacial score (nSPS) is 12.0. The summed E-state index contributed by atoms with van der Waals surface area (Å²) in [5.74, 6) is 1.10. The largest absolute Gasteiger partial charge is 0.379 e. The van der Waals surface area contributed by atoms with E-state index in [2.05, 4.69) is 15.0 Å². The van der Waals surface area contributed by atoms with Gasteiger partial charge in [0.05, 0.1) is 11.1 Å². The Balaban J connectivity index is 2.02. The number of aromatic amines is 1. The molecule has 22 heavy (non-hydrogen) atoms. The fourth-order valence-electron chi connectivity index (χ4n) is 2.10. The van der Waals surface area contributed by atoms with Gasteiger partial charge in [-0.1, -0.05) is 42.1 Å². The number of hydrogen-bond acceptors (Lipinski definition) is 5. The van der Waals surface area contributed by atoms with Crippen LogP contribution in [0.1, 0.15) is 5.82 Å². The molecule has 0 bridgehead atoms. The molecule has 0 aliphatic rings. The van der Waals surface area contributed by atoms with Crippen molar-refractivity contribution in [3.8, 4) is 11.1 Å². The number of hydrogen-bond donors (Lipinski definition) is 2. The van der Waals surface area contributed by atoms with Gasteiger partial charge in [-0.05, 0) is 5.56 Å². The summed E-state index contributed by atoms with van der Waals surface area (Å²) in [6, 6.07) is 9.85. The average Bonchev–Trinajstić information content (AvgIpc) is 2.98. The number of aromatic nitrogens is 2. The third kappa shape index (κ3) is 2.90. The van der Waals surface area contributed by atoms with Crippen molar-refractivity contribution >= 4 is 38.5 Å². The van der Waals surface area contributed by atoms with Crippen LogP contribution in [-0.4, -0.2) is 22.2 Å². The first kappa shape index (κ1) is 14.8. The van der Waals surface area contributed by atoms with E-state index in [-0.39, 0.29) is 5.56 Å². The number of amidine groups is 1. The van der Waals surface area contributed by atoms with Crippen LogP contribution in [0.4, 0.5) is 0 Å². The molecular weight excluding hydrogens is 316 g/mol. The second-order valence-electron chi connectivity index (χ2n) is 4.56. The van der Waals surface area contributed by atoms with Crippen LogP contribution in [0, 0.1) is 0 Å². The Hall–Kier alpha value is -2.12. The first-order valence-corrected chi connectivity index (χ1v) is 8.46. The zero-order valence-corrected chi connectivity index (χ0v) is 13.5. The van der Waals surface area contributed by atoms with Crippen molar-refractivity contribution in [2.24, 2.45) is 10.7 Å². The molecule has 2 aromatic heterocycles. The molecule has 0 aliphatic heterocycles. The number of benzene rings is 1. The lowest BCUT2D eigenvalue weighted by Crippen LogP contribution is -2.12. The molecule has 5 nitrogen and oxygen atoms in total. The lowest BCUT2D eigenvalue weighted by atomic mass is 10.1. The minimum Gasteiger partial charge on any atom is -0.379 e. The smallest absolute Gasteiger partial charge is 0.260 e. The van der Waals surface area contributed by atoms with Gasteiger partial charge in [0.1, 0.15) is 10.7 Å². The molecule has 7 heteroatoms. The molecule has 0 saturated heterocycles. The molecule has 0 saturated carbocycles. The standard InChI is InChI=1S/C15H14N4OS2/c1-17-15(16)22-8-11-18-13(20)12-10(7-21-14(12)19-11)9-5-3-2-4-6-9/h2-7H,8H2,1H3,(H2,16,17)(H,18,19,20). The number of nitrogens with one attached hydrogen (secondary N) is 1. The number of rotatable bonds is 3. The predicted octanol–water partition coefficient (Wildman–Crippen LogP) is 2.83. The Morgan fingerprint density at radius 1 is 1.41 bits per heavy atom. The summed E-state index contributed by atoms with van der Waals surface area (Å²) in [5, 5.41) is 3.09. The molecule has 0 radical (unpaired) electrons. The van der Waals surface area contributed by atoms with Crippen molar-refractivity contribution in [1.82, 2.24) is 9.97 Å². The predicted molar refractivity (Wildman–Crippen MR) is 94.5 cm³/mol. The highest BCUT2D eigenvalue weighted by Crippen LogP contribution is 2.30. The maximum Gasteiger partial charge on any atom is 0.260 e. The van der Waals surface area contributed by atoms with E-state index in [9.17, 15) is 4.79 Å². The number of thioether (sulfide) groups is 1. The van der Waals surface area contributed by atoms with Gasteiger partial charge in [0, 0.05) is 18.0 Å². The van der Waals surface area contributed by atoms with Gasteiger partial charge in [-0.3, -0.25) is 9.79 Å². The van der Waals surface area contributed by atoms with Crippen molar-refractivity contribution < 1.29 is 0 Å². The van der Waals surface area contributed by atoms with Gasteiger partial charge < -0.3 is 10.7 Å². The maximum atomic E-state index is 12.4. The van der Waals surface area contributed by atoms with Crippen molar-refractivity contribution in [3.05, 3.63) is 51.9 Å². The van der Waals surface area contributed by atoms with E-state index in [0.717, 1.165) is 16.0 Å². The first-order chi connectivity index (χ1) is 10.7. The molecule has 0 aliphatic carbocycles. The summed E-state index contributed by atoms with van der Waals surface area (Å²) in [5.41, 5.74) is 7.47. The second-order valence-corrected chi connectivity index (χ2v) is 6.41. The Morgan fingerprint density at radius 2 is 2.18 bits per heavy atom. The Morgan fingerprint density at radius 3 is 2.91 bits per heavy atom. The van der Waals surface area contributed by atoms with E-state index in [0.29, 0.717) is 22.1 Å². The van der Waals surface area contributed by atoms with Crippen LogP contribution in [0.2, 0.25) is 0 Å². The van der Waals surface area contributed by atoms with Crippen LogP contribution in [0.3, 0.4) is 0 Å². The molecular formula is C15H14N4OS2. The molecule has 0 atom stereocenters. The molecule has 0 spiro atoms. The average molecular weight is 330 g/mol. The van der Waals surface area contributed by atoms with Crippen LogP contribution in [-0.2, 0) is 5.75 Å². The molecule has 0 amide bonds. The second kappa shape index (κ2) is 6.33. The van der Waals surface area contributed by atoms with Gasteiger partial charge >= 0.3 is 0 Å². The lowest BCUT2D eigenvalue weighted by Gasteiger charge is -2.02. The van der Waals surface area contributed by atoms with Gasteiger partial charge in [0.2, 0.25) is 0 Å². The van der Waals surface area contributed by atoms with Gasteiger partial charge in [-0.2, -0.15) is 0 Å². The van der Waals surface area contributed by atoms with Gasteiger partial charge in [0.15, 0.2) is 5.17 Å². The minimum absolute atomic E-state index is 0.118. The Kier molecular flexibility index (Phi) is 4.26. The quantitative estimate of drug-likeness (QED) is 0.571. The summed E-state index contributed by atoms with van der Waals surface area (Å²) < 4.78 is 0. The summed E-state index contributed by atoms with van der Waals surface area (Å²) in [6.45, 7) is 0. The summed E-state index contributed by atoms with van der Waals surface area (Å²) in [4.78, 5) is 24.4. The van der Waals surface area contributed by atoms with Gasteiger partial charge in [-0.25, -0.2) is 4.98 Å². The van der Waals surface area contributed by atoms with Crippen LogP contribution >= 0.6 is 23.1 Å². The molecule has 3 rings (SSSR count). The fourth-order valence-corrected chi connectivity index (χ4v) is 3.62. The number of nitrogens with two attached hydrogens (primary N) is 1. The number of thiophene rings is 1. The van der Waals surface area contributed by atoms with E-state index < -0.39 is 0 Å².